The zero-order chi connectivity index (χ0) is 11.1. The lowest BCUT2D eigenvalue weighted by atomic mass is 10.1. The van der Waals surface area contributed by atoms with Crippen molar-refractivity contribution in [1.29, 1.82) is 0 Å². The molecule has 1 rings (SSSR count). The normalized spacial score (nSPS) is 13.1. The molecule has 1 unspecified atom stereocenters. The SMILES string of the molecule is NC(N)NC(N)NCCc1ccccc1. The summed E-state index contributed by atoms with van der Waals surface area (Å²) in [6.07, 6.45) is -0.0336. The van der Waals surface area contributed by atoms with Crippen LogP contribution in [0.3, 0.4) is 0 Å². The Balaban J connectivity index is 2.16. The molecular weight excluding hydrogens is 190 g/mol. The smallest absolute Gasteiger partial charge is 0.111 e. The second-order valence-electron chi connectivity index (χ2n) is 3.36. The summed E-state index contributed by atoms with van der Waals surface area (Å²) in [4.78, 5) is 0. The van der Waals surface area contributed by atoms with Crippen LogP contribution < -0.4 is 27.8 Å². The van der Waals surface area contributed by atoms with Crippen LogP contribution in [0.15, 0.2) is 30.3 Å². The summed E-state index contributed by atoms with van der Waals surface area (Å²) >= 11 is 0. The second-order valence-corrected chi connectivity index (χ2v) is 3.36. The monoisotopic (exact) mass is 209 g/mol. The minimum Gasteiger partial charge on any atom is -0.304 e. The molecule has 8 N–H and O–H groups in total. The molecule has 0 bridgehead atoms. The fourth-order valence-corrected chi connectivity index (χ4v) is 1.28. The van der Waals surface area contributed by atoms with E-state index in [2.05, 4.69) is 22.8 Å². The van der Waals surface area contributed by atoms with Crippen LogP contribution in [0.5, 0.6) is 0 Å². The van der Waals surface area contributed by atoms with Crippen molar-refractivity contribution in [1.82, 2.24) is 10.6 Å². The van der Waals surface area contributed by atoms with E-state index >= 15 is 0 Å². The van der Waals surface area contributed by atoms with Gasteiger partial charge >= 0.3 is 0 Å². The van der Waals surface area contributed by atoms with E-state index in [9.17, 15) is 0 Å². The molecule has 0 fully saturated rings. The summed E-state index contributed by atoms with van der Waals surface area (Å²) in [5, 5.41) is 5.82. The lowest BCUT2D eigenvalue weighted by Crippen LogP contribution is -2.59. The van der Waals surface area contributed by atoms with Crippen LogP contribution in [0.1, 0.15) is 5.56 Å². The predicted octanol–water partition coefficient (Wildman–Crippen LogP) is -1.15. The highest BCUT2D eigenvalue weighted by molar-refractivity contribution is 5.14. The van der Waals surface area contributed by atoms with Crippen molar-refractivity contribution in [2.75, 3.05) is 6.54 Å². The highest BCUT2D eigenvalue weighted by Gasteiger charge is 2.01. The van der Waals surface area contributed by atoms with E-state index in [1.807, 2.05) is 18.2 Å². The number of nitrogens with one attached hydrogen (secondary N) is 2. The van der Waals surface area contributed by atoms with Crippen LogP contribution in [-0.2, 0) is 6.42 Å². The standard InChI is InChI=1S/C10H19N5/c11-9(12)15-10(13)14-7-6-8-4-2-1-3-5-8/h1-5,9-10,14-15H,6-7,11-13H2. The third-order valence-electron chi connectivity index (χ3n) is 1.99. The van der Waals surface area contributed by atoms with E-state index in [1.54, 1.807) is 0 Å². The van der Waals surface area contributed by atoms with Crippen LogP contribution in [0.25, 0.3) is 0 Å². The van der Waals surface area contributed by atoms with Gasteiger partial charge in [-0.3, -0.25) is 10.6 Å². The van der Waals surface area contributed by atoms with E-state index in [-0.39, 0.29) is 6.29 Å². The molecule has 0 spiro atoms. The van der Waals surface area contributed by atoms with Gasteiger partial charge in [0.1, 0.15) is 12.6 Å². The molecule has 15 heavy (non-hydrogen) atoms. The Morgan fingerprint density at radius 1 is 1.07 bits per heavy atom. The highest BCUT2D eigenvalue weighted by atomic mass is 15.3. The van der Waals surface area contributed by atoms with Crippen molar-refractivity contribution in [3.8, 4) is 0 Å². The lowest BCUT2D eigenvalue weighted by molar-refractivity contribution is 0.388. The van der Waals surface area contributed by atoms with Gasteiger partial charge in [0.2, 0.25) is 0 Å². The molecule has 5 nitrogen and oxygen atoms in total. The molecule has 1 atom stereocenters. The van der Waals surface area contributed by atoms with Crippen molar-refractivity contribution in [2.45, 2.75) is 19.0 Å². The van der Waals surface area contributed by atoms with Crippen molar-refractivity contribution in [2.24, 2.45) is 17.2 Å². The zero-order valence-corrected chi connectivity index (χ0v) is 8.69. The fourth-order valence-electron chi connectivity index (χ4n) is 1.28. The molecule has 0 saturated heterocycles. The van der Waals surface area contributed by atoms with Crippen LogP contribution >= 0.6 is 0 Å². The Kier molecular flexibility index (Phi) is 5.23. The molecule has 0 aromatic heterocycles. The summed E-state index contributed by atoms with van der Waals surface area (Å²) < 4.78 is 0. The summed E-state index contributed by atoms with van der Waals surface area (Å²) in [7, 11) is 0. The van der Waals surface area contributed by atoms with Gasteiger partial charge in [-0.2, -0.15) is 0 Å². The average Bonchev–Trinajstić information content (AvgIpc) is 2.18. The zero-order valence-electron chi connectivity index (χ0n) is 8.69. The number of hydrogen-bond acceptors (Lipinski definition) is 5. The summed E-state index contributed by atoms with van der Waals surface area (Å²) in [6.45, 7) is 0.783. The van der Waals surface area contributed by atoms with Crippen LogP contribution in [0.2, 0.25) is 0 Å². The number of hydrogen-bond donors (Lipinski definition) is 5. The summed E-state index contributed by atoms with van der Waals surface area (Å²) in [6, 6.07) is 10.2. The molecule has 0 aliphatic carbocycles. The molecular formula is C10H19N5. The molecule has 1 aromatic carbocycles. The molecule has 0 saturated carbocycles. The Morgan fingerprint density at radius 3 is 2.33 bits per heavy atom. The Bertz CT molecular complexity index is 262. The summed E-state index contributed by atoms with van der Waals surface area (Å²) in [5.41, 5.74) is 17.6. The van der Waals surface area contributed by atoms with E-state index in [0.29, 0.717) is 0 Å². The first-order valence-electron chi connectivity index (χ1n) is 4.98. The Hall–Kier alpha value is -0.980. The van der Waals surface area contributed by atoms with Crippen molar-refractivity contribution >= 4 is 0 Å². The number of benzene rings is 1. The maximum Gasteiger partial charge on any atom is 0.111 e. The first-order valence-corrected chi connectivity index (χ1v) is 4.98. The molecule has 1 aromatic rings. The van der Waals surface area contributed by atoms with E-state index < -0.39 is 6.29 Å². The molecule has 84 valence electrons. The van der Waals surface area contributed by atoms with Crippen LogP contribution in [0, 0.1) is 0 Å². The largest absolute Gasteiger partial charge is 0.304 e. The van der Waals surface area contributed by atoms with Crippen molar-refractivity contribution in [3.05, 3.63) is 35.9 Å². The van der Waals surface area contributed by atoms with Gasteiger partial charge in [-0.05, 0) is 12.0 Å². The Labute approximate surface area is 90.0 Å². The van der Waals surface area contributed by atoms with E-state index in [1.165, 1.54) is 5.56 Å². The maximum absolute atomic E-state index is 5.66. The lowest BCUT2D eigenvalue weighted by Gasteiger charge is -2.17. The maximum atomic E-state index is 5.66. The molecule has 0 aliphatic heterocycles. The summed E-state index contributed by atoms with van der Waals surface area (Å²) in [5.74, 6) is 0. The first kappa shape index (κ1) is 12.1. The number of rotatable bonds is 6. The fraction of sp³-hybridized carbons (Fsp3) is 0.400. The van der Waals surface area contributed by atoms with Gasteiger partial charge in [0.15, 0.2) is 0 Å². The van der Waals surface area contributed by atoms with Gasteiger partial charge in [-0.15, -0.1) is 0 Å². The minimum absolute atomic E-state index is 0.367. The van der Waals surface area contributed by atoms with Gasteiger partial charge in [-0.25, -0.2) is 0 Å². The van der Waals surface area contributed by atoms with E-state index in [0.717, 1.165) is 13.0 Å². The average molecular weight is 209 g/mol. The molecule has 5 heteroatoms. The first-order chi connectivity index (χ1) is 7.18. The third kappa shape index (κ3) is 5.46. The molecule has 0 amide bonds. The van der Waals surface area contributed by atoms with Gasteiger partial charge in [0.05, 0.1) is 0 Å². The van der Waals surface area contributed by atoms with Crippen LogP contribution in [-0.4, -0.2) is 19.1 Å². The minimum atomic E-state index is -0.593. The van der Waals surface area contributed by atoms with Gasteiger partial charge < -0.3 is 17.2 Å². The van der Waals surface area contributed by atoms with Crippen LogP contribution in [0.4, 0.5) is 0 Å². The van der Waals surface area contributed by atoms with Gasteiger partial charge in [0.25, 0.3) is 0 Å². The quantitative estimate of drug-likeness (QED) is 0.381. The molecule has 0 radical (unpaired) electrons. The predicted molar refractivity (Wildman–Crippen MR) is 61.4 cm³/mol. The van der Waals surface area contributed by atoms with Crippen molar-refractivity contribution < 1.29 is 0 Å². The third-order valence-corrected chi connectivity index (χ3v) is 1.99. The van der Waals surface area contributed by atoms with Crippen molar-refractivity contribution in [3.63, 3.8) is 0 Å². The van der Waals surface area contributed by atoms with E-state index in [4.69, 9.17) is 17.2 Å². The Morgan fingerprint density at radius 2 is 1.73 bits per heavy atom. The second kappa shape index (κ2) is 6.49. The molecule has 0 aliphatic rings. The topological polar surface area (TPSA) is 102 Å². The molecule has 0 heterocycles. The van der Waals surface area contributed by atoms with Gasteiger partial charge in [0, 0.05) is 6.54 Å². The van der Waals surface area contributed by atoms with Gasteiger partial charge in [-0.1, -0.05) is 30.3 Å². The number of nitrogens with two attached hydrogens (primary N) is 3. The highest BCUT2D eigenvalue weighted by Crippen LogP contribution is 1.97.